The molecule has 2 saturated heterocycles. The van der Waals surface area contributed by atoms with Gasteiger partial charge in [0.15, 0.2) is 0 Å². The maximum atomic E-state index is 13.6. The third-order valence-electron chi connectivity index (χ3n) is 7.82. The third kappa shape index (κ3) is 4.76. The fourth-order valence-electron chi connectivity index (χ4n) is 5.70. The van der Waals surface area contributed by atoms with E-state index in [1.165, 1.54) is 6.92 Å². The molecule has 3 aliphatic rings. The summed E-state index contributed by atoms with van der Waals surface area (Å²) >= 11 is 0. The van der Waals surface area contributed by atoms with E-state index in [1.54, 1.807) is 16.8 Å². The lowest BCUT2D eigenvalue weighted by molar-refractivity contribution is -0.140. The molecule has 0 bridgehead atoms. The number of amides is 3. The Balaban J connectivity index is 1.34. The van der Waals surface area contributed by atoms with Crippen molar-refractivity contribution in [1.29, 1.82) is 0 Å². The van der Waals surface area contributed by atoms with Crippen molar-refractivity contribution in [2.45, 2.75) is 38.5 Å². The molecule has 6 heterocycles. The smallest absolute Gasteiger partial charge is 0.324 e. The van der Waals surface area contributed by atoms with Gasteiger partial charge in [-0.05, 0) is 44.0 Å². The molecule has 3 aromatic rings. The molecule has 1 atom stereocenters. The highest BCUT2D eigenvalue weighted by Gasteiger charge is 2.38. The molecular weight excluding hydrogens is 498 g/mol. The van der Waals surface area contributed by atoms with Crippen molar-refractivity contribution in [2.75, 3.05) is 56.2 Å². The maximum Gasteiger partial charge on any atom is 0.324 e. The zero-order valence-corrected chi connectivity index (χ0v) is 22.3. The molecule has 3 aromatic heterocycles. The highest BCUT2D eigenvalue weighted by molar-refractivity contribution is 6.04. The highest BCUT2D eigenvalue weighted by atomic mass is 16.5. The number of likely N-dealkylation sites (tertiary alicyclic amines) is 1. The molecule has 39 heavy (non-hydrogen) atoms. The average Bonchev–Trinajstić information content (AvgIpc) is 2.98. The molecule has 1 N–H and O–H groups in total. The number of fused-ring (bicyclic) bond motifs is 3. The molecule has 11 heteroatoms. The number of aromatic nitrogens is 3. The average molecular weight is 532 g/mol. The molecule has 3 aliphatic heterocycles. The van der Waals surface area contributed by atoms with E-state index in [9.17, 15) is 14.7 Å². The number of aliphatic hydroxyl groups excluding tert-OH is 1. The predicted octanol–water partition coefficient (Wildman–Crippen LogP) is 2.27. The zero-order chi connectivity index (χ0) is 27.1. The van der Waals surface area contributed by atoms with Gasteiger partial charge in [-0.3, -0.25) is 14.7 Å². The molecule has 0 aromatic carbocycles. The Morgan fingerprint density at radius 3 is 2.51 bits per heavy atom. The van der Waals surface area contributed by atoms with Crippen molar-refractivity contribution < 1.29 is 19.4 Å². The summed E-state index contributed by atoms with van der Waals surface area (Å²) in [5.74, 6) is 0.646. The van der Waals surface area contributed by atoms with Crippen LogP contribution in [0.1, 0.15) is 25.3 Å². The van der Waals surface area contributed by atoms with Gasteiger partial charge in [0, 0.05) is 62.8 Å². The number of urea groups is 1. The number of pyridine rings is 3. The van der Waals surface area contributed by atoms with E-state index < -0.39 is 6.10 Å². The normalized spacial score (nSPS) is 19.4. The summed E-state index contributed by atoms with van der Waals surface area (Å²) in [5.41, 5.74) is 4.80. The second kappa shape index (κ2) is 10.4. The fraction of sp³-hybridized carbons (Fsp3) is 0.464. The number of carbonyl (C=O) groups is 2. The molecule has 0 unspecified atom stereocenters. The lowest BCUT2D eigenvalue weighted by Gasteiger charge is -2.43. The van der Waals surface area contributed by atoms with Crippen molar-refractivity contribution in [1.82, 2.24) is 24.8 Å². The Morgan fingerprint density at radius 2 is 1.82 bits per heavy atom. The van der Waals surface area contributed by atoms with Crippen molar-refractivity contribution in [3.8, 4) is 11.3 Å². The Kier molecular flexibility index (Phi) is 6.78. The quantitative estimate of drug-likeness (QED) is 0.545. The number of carbonyl (C=O) groups excluding carboxylic acids is 2. The van der Waals surface area contributed by atoms with E-state index >= 15 is 0 Å². The van der Waals surface area contributed by atoms with Crippen LogP contribution in [-0.4, -0.2) is 100 Å². The predicted molar refractivity (Wildman–Crippen MR) is 146 cm³/mol. The Bertz CT molecular complexity index is 1380. The van der Waals surface area contributed by atoms with Crippen molar-refractivity contribution in [3.05, 3.63) is 42.2 Å². The zero-order valence-electron chi connectivity index (χ0n) is 22.3. The molecule has 6 rings (SSSR count). The molecule has 11 nitrogen and oxygen atoms in total. The third-order valence-corrected chi connectivity index (χ3v) is 7.82. The second-order valence-corrected chi connectivity index (χ2v) is 10.4. The van der Waals surface area contributed by atoms with Gasteiger partial charge in [-0.1, -0.05) is 0 Å². The first-order chi connectivity index (χ1) is 18.9. The first-order valence-electron chi connectivity index (χ1n) is 13.5. The number of ether oxygens (including phenoxy) is 1. The van der Waals surface area contributed by atoms with Gasteiger partial charge in [0.05, 0.1) is 36.7 Å². The summed E-state index contributed by atoms with van der Waals surface area (Å²) in [6.45, 7) is 5.96. The van der Waals surface area contributed by atoms with Gasteiger partial charge < -0.3 is 24.5 Å². The Hall–Kier alpha value is -3.83. The van der Waals surface area contributed by atoms with Crippen LogP contribution in [0.4, 0.5) is 16.3 Å². The number of anilines is 2. The second-order valence-electron chi connectivity index (χ2n) is 10.4. The highest BCUT2D eigenvalue weighted by Crippen LogP contribution is 2.38. The van der Waals surface area contributed by atoms with E-state index in [0.717, 1.165) is 46.9 Å². The van der Waals surface area contributed by atoms with Gasteiger partial charge in [0.2, 0.25) is 0 Å². The van der Waals surface area contributed by atoms with Crippen LogP contribution in [0.5, 0.6) is 0 Å². The molecule has 0 saturated carbocycles. The number of hydrogen-bond acceptors (Lipinski definition) is 8. The summed E-state index contributed by atoms with van der Waals surface area (Å²) < 4.78 is 5.45. The number of morpholine rings is 1. The van der Waals surface area contributed by atoms with Gasteiger partial charge >= 0.3 is 6.03 Å². The lowest BCUT2D eigenvalue weighted by Crippen LogP contribution is -2.55. The van der Waals surface area contributed by atoms with Crippen LogP contribution in [0, 0.1) is 0 Å². The molecule has 2 fully saturated rings. The van der Waals surface area contributed by atoms with Crippen LogP contribution in [0.2, 0.25) is 0 Å². The first kappa shape index (κ1) is 25.4. The molecule has 0 spiro atoms. The SMILES string of the molecule is C[C@@H](O)C(=O)N1CCC(N2C(=O)N(C)Cc3cnc4ccc(-c5ccc(N6CCOCC6)nc5)nc4c32)CC1. The van der Waals surface area contributed by atoms with Crippen LogP contribution in [0.15, 0.2) is 36.7 Å². The van der Waals surface area contributed by atoms with Crippen molar-refractivity contribution in [3.63, 3.8) is 0 Å². The van der Waals surface area contributed by atoms with Crippen LogP contribution < -0.4 is 9.80 Å². The van der Waals surface area contributed by atoms with Crippen molar-refractivity contribution in [2.24, 2.45) is 0 Å². The minimum absolute atomic E-state index is 0.0842. The van der Waals surface area contributed by atoms with E-state index in [2.05, 4.69) is 14.9 Å². The summed E-state index contributed by atoms with van der Waals surface area (Å²) in [7, 11) is 1.79. The molecule has 0 radical (unpaired) electrons. The van der Waals surface area contributed by atoms with Crippen LogP contribution in [0.3, 0.4) is 0 Å². The van der Waals surface area contributed by atoms with Gasteiger partial charge in [-0.15, -0.1) is 0 Å². The lowest BCUT2D eigenvalue weighted by atomic mass is 9.99. The number of rotatable bonds is 4. The van der Waals surface area contributed by atoms with Crippen molar-refractivity contribution >= 4 is 34.5 Å². The summed E-state index contributed by atoms with van der Waals surface area (Å²) in [4.78, 5) is 47.7. The van der Waals surface area contributed by atoms with Crippen LogP contribution in [0.25, 0.3) is 22.3 Å². The summed E-state index contributed by atoms with van der Waals surface area (Å²) in [6.07, 6.45) is 3.88. The minimum atomic E-state index is -1.03. The van der Waals surface area contributed by atoms with E-state index in [-0.39, 0.29) is 18.0 Å². The largest absolute Gasteiger partial charge is 0.384 e. The maximum absolute atomic E-state index is 13.6. The molecular formula is C28H33N7O4. The number of piperidine rings is 1. The number of hydrogen-bond donors (Lipinski definition) is 1. The molecule has 0 aliphatic carbocycles. The summed E-state index contributed by atoms with van der Waals surface area (Å²) in [6, 6.07) is 7.74. The minimum Gasteiger partial charge on any atom is -0.384 e. The van der Waals surface area contributed by atoms with E-state index in [0.29, 0.717) is 51.2 Å². The number of aliphatic hydroxyl groups is 1. The molecule has 204 valence electrons. The van der Waals surface area contributed by atoms with Crippen LogP contribution in [-0.2, 0) is 16.1 Å². The fourth-order valence-corrected chi connectivity index (χ4v) is 5.70. The topological polar surface area (TPSA) is 115 Å². The molecule has 3 amide bonds. The van der Waals surface area contributed by atoms with E-state index in [1.807, 2.05) is 41.6 Å². The number of nitrogens with zero attached hydrogens (tertiary/aromatic N) is 7. The van der Waals surface area contributed by atoms with E-state index in [4.69, 9.17) is 9.72 Å². The van der Waals surface area contributed by atoms with Gasteiger partial charge in [0.1, 0.15) is 17.4 Å². The standard InChI is InChI=1S/C28H33N7O4/c1-18(36)27(37)34-9-7-21(8-10-34)35-26-20(17-32(2)28(35)38)16-29-23-5-4-22(31-25(23)26)19-3-6-24(30-15-19)33-11-13-39-14-12-33/h3-6,15-16,18,21,36H,7-14,17H2,1-2H3/t18-/m1/s1. The first-order valence-corrected chi connectivity index (χ1v) is 13.5. The Morgan fingerprint density at radius 1 is 1.05 bits per heavy atom. The van der Waals surface area contributed by atoms with Gasteiger partial charge in [-0.2, -0.15) is 0 Å². The van der Waals surface area contributed by atoms with Crippen LogP contribution >= 0.6 is 0 Å². The Labute approximate surface area is 227 Å². The monoisotopic (exact) mass is 531 g/mol. The van der Waals surface area contributed by atoms with Gasteiger partial charge in [-0.25, -0.2) is 14.8 Å². The summed E-state index contributed by atoms with van der Waals surface area (Å²) in [5, 5.41) is 9.73. The van der Waals surface area contributed by atoms with Gasteiger partial charge in [0.25, 0.3) is 5.91 Å².